The predicted octanol–water partition coefficient (Wildman–Crippen LogP) is 4.23. The second-order valence-electron chi connectivity index (χ2n) is 8.68. The molecule has 0 fully saturated rings. The fraction of sp³-hybridized carbons (Fsp3) is 0.462. The zero-order valence-electron chi connectivity index (χ0n) is 19.9. The van der Waals surface area contributed by atoms with Crippen LogP contribution in [0.5, 0.6) is 0 Å². The highest BCUT2D eigenvalue weighted by atomic mass is 16.6. The number of benzene rings is 2. The summed E-state index contributed by atoms with van der Waals surface area (Å²) in [6.07, 6.45) is -1.44. The monoisotopic (exact) mass is 456 g/mol. The van der Waals surface area contributed by atoms with Gasteiger partial charge in [0.25, 0.3) is 0 Å². The van der Waals surface area contributed by atoms with E-state index in [1.807, 2.05) is 60.7 Å². The third-order valence-corrected chi connectivity index (χ3v) is 4.92. The molecule has 7 nitrogen and oxygen atoms in total. The van der Waals surface area contributed by atoms with Gasteiger partial charge in [0.1, 0.15) is 0 Å². The van der Waals surface area contributed by atoms with Crippen molar-refractivity contribution in [2.24, 2.45) is 0 Å². The second kappa shape index (κ2) is 13.5. The lowest BCUT2D eigenvalue weighted by Crippen LogP contribution is -2.49. The van der Waals surface area contributed by atoms with Crippen LogP contribution < -0.4 is 10.6 Å². The summed E-state index contributed by atoms with van der Waals surface area (Å²) in [6, 6.07) is 18.3. The van der Waals surface area contributed by atoms with E-state index in [-0.39, 0.29) is 18.6 Å². The lowest BCUT2D eigenvalue weighted by atomic mass is 9.94. The molecule has 2 rings (SSSR count). The smallest absolute Gasteiger partial charge is 0.407 e. The molecular weight excluding hydrogens is 420 g/mol. The van der Waals surface area contributed by atoms with Crippen molar-refractivity contribution in [1.29, 1.82) is 0 Å². The summed E-state index contributed by atoms with van der Waals surface area (Å²) < 4.78 is 10.5. The summed E-state index contributed by atoms with van der Waals surface area (Å²) in [5, 5.41) is 16.8. The average molecular weight is 457 g/mol. The fourth-order valence-corrected chi connectivity index (χ4v) is 3.51. The van der Waals surface area contributed by atoms with E-state index in [2.05, 4.69) is 10.6 Å². The first-order valence-corrected chi connectivity index (χ1v) is 11.4. The van der Waals surface area contributed by atoms with Crippen molar-refractivity contribution >= 4 is 12.2 Å². The normalized spacial score (nSPS) is 13.8. The van der Waals surface area contributed by atoms with Crippen molar-refractivity contribution in [1.82, 2.24) is 10.6 Å². The van der Waals surface area contributed by atoms with Crippen LogP contribution in [0.15, 0.2) is 60.7 Å². The number of carbonyl (C=O) groups is 2. The molecule has 2 aromatic rings. The molecule has 33 heavy (non-hydrogen) atoms. The molecule has 0 saturated carbocycles. The molecule has 0 bridgehead atoms. The summed E-state index contributed by atoms with van der Waals surface area (Å²) in [4.78, 5) is 24.6. The highest BCUT2D eigenvalue weighted by Gasteiger charge is 2.27. The molecule has 7 heteroatoms. The van der Waals surface area contributed by atoms with E-state index in [0.29, 0.717) is 12.8 Å². The summed E-state index contributed by atoms with van der Waals surface area (Å²) in [5.41, 5.74) is 1.99. The van der Waals surface area contributed by atoms with Crippen molar-refractivity contribution in [2.75, 3.05) is 0 Å². The van der Waals surface area contributed by atoms with Crippen LogP contribution in [0.25, 0.3) is 0 Å². The molecule has 2 aromatic carbocycles. The zero-order valence-corrected chi connectivity index (χ0v) is 19.9. The quantitative estimate of drug-likeness (QED) is 0.470. The van der Waals surface area contributed by atoms with Gasteiger partial charge >= 0.3 is 12.2 Å². The van der Waals surface area contributed by atoms with Gasteiger partial charge in [-0.2, -0.15) is 0 Å². The summed E-state index contributed by atoms with van der Waals surface area (Å²) in [7, 11) is 0. The molecule has 180 valence electrons. The van der Waals surface area contributed by atoms with Crippen LogP contribution in [-0.2, 0) is 22.3 Å². The maximum absolute atomic E-state index is 12.3. The van der Waals surface area contributed by atoms with E-state index < -0.39 is 30.4 Å². The van der Waals surface area contributed by atoms with E-state index in [1.54, 1.807) is 27.7 Å². The minimum Gasteiger partial charge on any atom is -0.447 e. The SMILES string of the molecule is CC(C)OC(=O)N[C@@H](Cc1ccccc1)C[C@H](O)[C@H](Cc1ccccc1)NC(=O)OC(C)C. The van der Waals surface area contributed by atoms with Crippen molar-refractivity contribution in [3.8, 4) is 0 Å². The van der Waals surface area contributed by atoms with Crippen LogP contribution in [0.1, 0.15) is 45.2 Å². The molecule has 0 radical (unpaired) electrons. The standard InChI is InChI=1S/C26H36N2O5/c1-18(2)32-25(30)27-22(15-20-11-7-5-8-12-20)17-24(29)23(28-26(31)33-19(3)4)16-21-13-9-6-10-14-21/h5-14,18-19,22-24,29H,15-17H2,1-4H3,(H,27,30)(H,28,31)/t22-,23-,24-/m0/s1. The second-order valence-corrected chi connectivity index (χ2v) is 8.68. The minimum atomic E-state index is -0.932. The molecule has 0 aromatic heterocycles. The van der Waals surface area contributed by atoms with E-state index >= 15 is 0 Å². The predicted molar refractivity (Wildman–Crippen MR) is 128 cm³/mol. The number of ether oxygens (including phenoxy) is 2. The molecule has 0 aliphatic carbocycles. The van der Waals surface area contributed by atoms with E-state index in [4.69, 9.17) is 9.47 Å². The van der Waals surface area contributed by atoms with Gasteiger partial charge in [-0.05, 0) is 58.1 Å². The lowest BCUT2D eigenvalue weighted by molar-refractivity contribution is 0.0765. The minimum absolute atomic E-state index is 0.224. The highest BCUT2D eigenvalue weighted by Crippen LogP contribution is 2.14. The number of aliphatic hydroxyl groups excluding tert-OH is 1. The Morgan fingerprint density at radius 1 is 0.758 bits per heavy atom. The summed E-state index contributed by atoms with van der Waals surface area (Å²) >= 11 is 0. The molecule has 0 unspecified atom stereocenters. The number of alkyl carbamates (subject to hydrolysis) is 2. The van der Waals surface area contributed by atoms with Gasteiger partial charge in [0.2, 0.25) is 0 Å². The third kappa shape index (κ3) is 10.4. The Bertz CT molecular complexity index is 842. The maximum Gasteiger partial charge on any atom is 0.407 e. The Morgan fingerprint density at radius 2 is 1.21 bits per heavy atom. The number of hydrogen-bond donors (Lipinski definition) is 3. The molecule has 0 aliphatic heterocycles. The van der Waals surface area contributed by atoms with E-state index in [1.165, 1.54) is 0 Å². The molecule has 0 heterocycles. The Balaban J connectivity index is 2.16. The van der Waals surface area contributed by atoms with Gasteiger partial charge < -0.3 is 25.2 Å². The Morgan fingerprint density at radius 3 is 1.70 bits per heavy atom. The number of amides is 2. The molecule has 2 amide bonds. The van der Waals surface area contributed by atoms with Crippen LogP contribution in [0, 0.1) is 0 Å². The molecular formula is C26H36N2O5. The fourth-order valence-electron chi connectivity index (χ4n) is 3.51. The van der Waals surface area contributed by atoms with Crippen LogP contribution in [0.3, 0.4) is 0 Å². The topological polar surface area (TPSA) is 96.9 Å². The number of hydrogen-bond acceptors (Lipinski definition) is 5. The molecule has 3 atom stereocenters. The van der Waals surface area contributed by atoms with Crippen molar-refractivity contribution in [3.63, 3.8) is 0 Å². The first kappa shape index (κ1) is 26.2. The zero-order chi connectivity index (χ0) is 24.2. The number of carbonyl (C=O) groups excluding carboxylic acids is 2. The third-order valence-electron chi connectivity index (χ3n) is 4.92. The molecule has 0 spiro atoms. The largest absolute Gasteiger partial charge is 0.447 e. The van der Waals surface area contributed by atoms with Crippen molar-refractivity contribution in [3.05, 3.63) is 71.8 Å². The Labute approximate surface area is 196 Å². The van der Waals surface area contributed by atoms with Gasteiger partial charge in [-0.1, -0.05) is 60.7 Å². The number of nitrogens with one attached hydrogen (secondary N) is 2. The highest BCUT2D eigenvalue weighted by molar-refractivity contribution is 5.68. The Kier molecular flexibility index (Phi) is 10.7. The lowest BCUT2D eigenvalue weighted by Gasteiger charge is -2.28. The van der Waals surface area contributed by atoms with Gasteiger partial charge in [-0.25, -0.2) is 9.59 Å². The van der Waals surface area contributed by atoms with Gasteiger partial charge in [-0.3, -0.25) is 0 Å². The number of aliphatic hydroxyl groups is 1. The molecule has 3 N–H and O–H groups in total. The maximum atomic E-state index is 12.3. The Hall–Kier alpha value is -3.06. The van der Waals surface area contributed by atoms with Gasteiger partial charge in [0, 0.05) is 6.04 Å². The van der Waals surface area contributed by atoms with Crippen molar-refractivity contribution in [2.45, 2.75) is 77.4 Å². The molecule has 0 aliphatic rings. The van der Waals surface area contributed by atoms with Gasteiger partial charge in [0.05, 0.1) is 24.4 Å². The van der Waals surface area contributed by atoms with Crippen LogP contribution >= 0.6 is 0 Å². The van der Waals surface area contributed by atoms with Crippen LogP contribution in [0.2, 0.25) is 0 Å². The van der Waals surface area contributed by atoms with Gasteiger partial charge in [-0.15, -0.1) is 0 Å². The van der Waals surface area contributed by atoms with Crippen molar-refractivity contribution < 1.29 is 24.2 Å². The summed E-state index contributed by atoms with van der Waals surface area (Å²) in [5.74, 6) is 0. The summed E-state index contributed by atoms with van der Waals surface area (Å²) in [6.45, 7) is 7.09. The van der Waals surface area contributed by atoms with Crippen LogP contribution in [0.4, 0.5) is 9.59 Å². The first-order chi connectivity index (χ1) is 15.7. The van der Waals surface area contributed by atoms with E-state index in [9.17, 15) is 14.7 Å². The first-order valence-electron chi connectivity index (χ1n) is 11.4. The number of rotatable bonds is 11. The van der Waals surface area contributed by atoms with E-state index in [0.717, 1.165) is 11.1 Å². The van der Waals surface area contributed by atoms with Crippen LogP contribution in [-0.4, -0.2) is 47.7 Å². The van der Waals surface area contributed by atoms with Gasteiger partial charge in [0.15, 0.2) is 0 Å². The average Bonchev–Trinajstić information content (AvgIpc) is 2.73. The molecule has 0 saturated heterocycles.